The van der Waals surface area contributed by atoms with E-state index in [0.29, 0.717) is 23.0 Å². The average molecular weight is 515 g/mol. The molecule has 0 spiro atoms. The van der Waals surface area contributed by atoms with Crippen molar-refractivity contribution >= 4 is 34.4 Å². The van der Waals surface area contributed by atoms with E-state index in [9.17, 15) is 9.59 Å². The van der Waals surface area contributed by atoms with Gasteiger partial charge in [-0.1, -0.05) is 79.4 Å². The Bertz CT molecular complexity index is 1380. The minimum atomic E-state index is -0.236. The second-order valence-corrected chi connectivity index (χ2v) is 10.0. The first-order chi connectivity index (χ1) is 18.1. The van der Waals surface area contributed by atoms with Gasteiger partial charge in [0.25, 0.3) is 5.91 Å². The lowest BCUT2D eigenvalue weighted by Gasteiger charge is -2.35. The summed E-state index contributed by atoms with van der Waals surface area (Å²) in [5, 5.41) is 3.45. The summed E-state index contributed by atoms with van der Waals surface area (Å²) in [6.07, 6.45) is 5.60. The highest BCUT2D eigenvalue weighted by atomic mass is 35.5. The fraction of sp³-hybridized carbons (Fsp3) is 0.300. The monoisotopic (exact) mass is 514 g/mol. The largest absolute Gasteiger partial charge is 0.345 e. The third kappa shape index (κ3) is 6.03. The molecule has 6 nitrogen and oxygen atoms in total. The lowest BCUT2D eigenvalue weighted by Crippen LogP contribution is -2.42. The van der Waals surface area contributed by atoms with Gasteiger partial charge in [-0.2, -0.15) is 0 Å². The number of fused-ring (bicyclic) bond motifs is 1. The molecule has 190 valence electrons. The van der Waals surface area contributed by atoms with Crippen molar-refractivity contribution in [1.29, 1.82) is 0 Å². The van der Waals surface area contributed by atoms with Crippen LogP contribution in [0.4, 0.5) is 0 Å². The fourth-order valence-corrected chi connectivity index (χ4v) is 5.34. The zero-order chi connectivity index (χ0) is 25.6. The van der Waals surface area contributed by atoms with Crippen LogP contribution in [0.2, 0.25) is 5.02 Å². The van der Waals surface area contributed by atoms with Crippen molar-refractivity contribution < 1.29 is 9.59 Å². The van der Waals surface area contributed by atoms with Crippen LogP contribution in [0.25, 0.3) is 11.0 Å². The van der Waals surface area contributed by atoms with Crippen LogP contribution in [-0.2, 0) is 24.4 Å². The number of para-hydroxylation sites is 2. The number of nitrogens with one attached hydrogen (secondary N) is 1. The van der Waals surface area contributed by atoms with Crippen LogP contribution >= 0.6 is 11.6 Å². The van der Waals surface area contributed by atoms with Gasteiger partial charge in [-0.3, -0.25) is 9.59 Å². The lowest BCUT2D eigenvalue weighted by atomic mass is 9.93. The van der Waals surface area contributed by atoms with Crippen molar-refractivity contribution in [1.82, 2.24) is 19.8 Å². The van der Waals surface area contributed by atoms with Crippen LogP contribution in [0.3, 0.4) is 0 Å². The second kappa shape index (κ2) is 11.6. The quantitative estimate of drug-likeness (QED) is 0.314. The first kappa shape index (κ1) is 25.0. The van der Waals surface area contributed by atoms with Crippen molar-refractivity contribution in [3.63, 3.8) is 0 Å². The van der Waals surface area contributed by atoms with Crippen molar-refractivity contribution in [2.24, 2.45) is 0 Å². The molecule has 7 heteroatoms. The molecular weight excluding hydrogens is 484 g/mol. The first-order valence-corrected chi connectivity index (χ1v) is 13.3. The molecule has 4 aromatic rings. The van der Waals surface area contributed by atoms with E-state index in [-0.39, 0.29) is 30.9 Å². The maximum Gasteiger partial charge on any atom is 0.251 e. The molecule has 1 saturated carbocycles. The Balaban J connectivity index is 1.39. The number of imidazole rings is 1. The number of nitrogens with zero attached hydrogens (tertiary/aromatic N) is 3. The normalized spacial score (nSPS) is 14.0. The van der Waals surface area contributed by atoms with Crippen molar-refractivity contribution in [3.8, 4) is 0 Å². The molecule has 0 aliphatic heterocycles. The summed E-state index contributed by atoms with van der Waals surface area (Å²) in [5.74, 6) is 0.481. The van der Waals surface area contributed by atoms with Gasteiger partial charge in [0.15, 0.2) is 0 Å². The number of carbonyl (C=O) groups is 2. The second-order valence-electron chi connectivity index (χ2n) is 9.59. The van der Waals surface area contributed by atoms with Crippen LogP contribution in [-0.4, -0.2) is 32.3 Å². The number of halogens is 1. The summed E-state index contributed by atoms with van der Waals surface area (Å²) in [5.41, 5.74) is 3.30. The molecule has 0 radical (unpaired) electrons. The van der Waals surface area contributed by atoms with Crippen molar-refractivity contribution in [3.05, 3.63) is 101 Å². The van der Waals surface area contributed by atoms with E-state index in [2.05, 4.69) is 22.3 Å². The highest BCUT2D eigenvalue weighted by Crippen LogP contribution is 2.25. The summed E-state index contributed by atoms with van der Waals surface area (Å²) >= 11 is 6.06. The topological polar surface area (TPSA) is 67.2 Å². The predicted molar refractivity (Wildman–Crippen MR) is 146 cm³/mol. The van der Waals surface area contributed by atoms with Gasteiger partial charge in [0.05, 0.1) is 17.6 Å². The molecule has 0 bridgehead atoms. The molecule has 37 heavy (non-hydrogen) atoms. The Labute approximate surface area is 222 Å². The Morgan fingerprint density at radius 1 is 0.946 bits per heavy atom. The lowest BCUT2D eigenvalue weighted by molar-refractivity contribution is -0.135. The number of amides is 2. The number of carbonyl (C=O) groups excluding carboxylic acids is 2. The van der Waals surface area contributed by atoms with E-state index in [0.717, 1.165) is 42.3 Å². The van der Waals surface area contributed by atoms with Gasteiger partial charge >= 0.3 is 0 Å². The van der Waals surface area contributed by atoms with Crippen LogP contribution in [0.1, 0.15) is 53.8 Å². The summed E-state index contributed by atoms with van der Waals surface area (Å²) in [7, 11) is 0. The average Bonchev–Trinajstić information content (AvgIpc) is 3.28. The Kier molecular flexibility index (Phi) is 7.85. The maximum absolute atomic E-state index is 13.9. The summed E-state index contributed by atoms with van der Waals surface area (Å²) in [4.78, 5) is 33.4. The first-order valence-electron chi connectivity index (χ1n) is 12.9. The molecule has 5 rings (SSSR count). The minimum Gasteiger partial charge on any atom is -0.345 e. The molecule has 0 unspecified atom stereocenters. The van der Waals surface area contributed by atoms with Crippen molar-refractivity contribution in [2.75, 3.05) is 0 Å². The maximum atomic E-state index is 13.9. The van der Waals surface area contributed by atoms with Gasteiger partial charge in [0, 0.05) is 23.2 Å². The van der Waals surface area contributed by atoms with E-state index < -0.39 is 0 Å². The molecule has 1 aliphatic carbocycles. The Morgan fingerprint density at radius 2 is 1.70 bits per heavy atom. The van der Waals surface area contributed by atoms with Crippen LogP contribution in [0.5, 0.6) is 0 Å². The third-order valence-corrected chi connectivity index (χ3v) is 7.29. The molecular formula is C30H31ClN4O2. The van der Waals surface area contributed by atoms with E-state index >= 15 is 0 Å². The zero-order valence-corrected chi connectivity index (χ0v) is 21.5. The van der Waals surface area contributed by atoms with Crippen LogP contribution in [0.15, 0.2) is 78.9 Å². The zero-order valence-electron chi connectivity index (χ0n) is 20.8. The number of hydrogen-bond donors (Lipinski definition) is 1. The van der Waals surface area contributed by atoms with Gasteiger partial charge in [0.2, 0.25) is 5.91 Å². The highest BCUT2D eigenvalue weighted by molar-refractivity contribution is 6.30. The SMILES string of the molecule is O=C(NCc1nc2ccccc2n1CC(=O)N(Cc1ccccc1)C1CCCCC1)c1cccc(Cl)c1. The molecule has 0 atom stereocenters. The predicted octanol–water partition coefficient (Wildman–Crippen LogP) is 5.98. The Morgan fingerprint density at radius 3 is 2.49 bits per heavy atom. The summed E-state index contributed by atoms with van der Waals surface area (Å²) < 4.78 is 1.94. The van der Waals surface area contributed by atoms with Gasteiger partial charge < -0.3 is 14.8 Å². The van der Waals surface area contributed by atoms with E-state index in [1.54, 1.807) is 24.3 Å². The van der Waals surface area contributed by atoms with Crippen molar-refractivity contribution in [2.45, 2.75) is 57.8 Å². The number of aromatic nitrogens is 2. The van der Waals surface area contributed by atoms with Crippen LogP contribution < -0.4 is 5.32 Å². The molecule has 2 amide bonds. The standard InChI is InChI=1S/C30H31ClN4O2/c31-24-13-9-12-23(18-24)30(37)32-19-28-33-26-16-7-8-17-27(26)35(28)21-29(36)34(25-14-5-2-6-15-25)20-22-10-3-1-4-11-22/h1,3-4,7-13,16-18,25H,2,5-6,14-15,19-21H2,(H,32,37). The van der Waals surface area contributed by atoms with Gasteiger partial charge in [-0.15, -0.1) is 0 Å². The highest BCUT2D eigenvalue weighted by Gasteiger charge is 2.27. The summed E-state index contributed by atoms with van der Waals surface area (Å²) in [6.45, 7) is 0.972. The molecule has 0 saturated heterocycles. The van der Waals surface area contributed by atoms with E-state index in [1.165, 1.54) is 6.42 Å². The molecule has 1 N–H and O–H groups in total. The molecule has 1 fully saturated rings. The molecule has 1 aromatic heterocycles. The number of rotatable bonds is 8. The minimum absolute atomic E-state index is 0.0707. The van der Waals surface area contributed by atoms with Gasteiger partial charge in [0.1, 0.15) is 12.4 Å². The van der Waals surface area contributed by atoms with Gasteiger partial charge in [-0.05, 0) is 48.7 Å². The third-order valence-electron chi connectivity index (χ3n) is 7.05. The smallest absolute Gasteiger partial charge is 0.251 e. The summed E-state index contributed by atoms with van der Waals surface area (Å²) in [6, 6.07) is 25.0. The van der Waals surface area contributed by atoms with Crippen LogP contribution in [0, 0.1) is 0 Å². The van der Waals surface area contributed by atoms with E-state index in [1.807, 2.05) is 47.0 Å². The molecule has 3 aromatic carbocycles. The van der Waals surface area contributed by atoms with Gasteiger partial charge in [-0.25, -0.2) is 4.98 Å². The number of benzene rings is 3. The molecule has 1 heterocycles. The molecule has 1 aliphatic rings. The van der Waals surface area contributed by atoms with E-state index in [4.69, 9.17) is 16.6 Å². The Hall–Kier alpha value is -3.64. The number of hydrogen-bond acceptors (Lipinski definition) is 3. The fourth-order valence-electron chi connectivity index (χ4n) is 5.15.